The third-order valence-electron chi connectivity index (χ3n) is 6.30. The smallest absolute Gasteiger partial charge is 0.340 e. The number of hydrogen-bond acceptors (Lipinski definition) is 5. The molecule has 3 heterocycles. The van der Waals surface area contributed by atoms with Crippen LogP contribution < -0.4 is 15.5 Å². The van der Waals surface area contributed by atoms with E-state index in [1.165, 1.54) is 12.1 Å². The van der Waals surface area contributed by atoms with Crippen molar-refractivity contribution in [1.82, 2.24) is 15.3 Å². The van der Waals surface area contributed by atoms with Crippen LogP contribution in [0.3, 0.4) is 0 Å². The van der Waals surface area contributed by atoms with Crippen molar-refractivity contribution in [1.29, 1.82) is 0 Å². The fourth-order valence-corrected chi connectivity index (χ4v) is 4.61. The number of aryl methyl sites for hydroxylation is 1. The van der Waals surface area contributed by atoms with Gasteiger partial charge in [-0.2, -0.15) is 18.2 Å². The number of benzene rings is 1. The molecule has 1 aromatic heterocycles. The van der Waals surface area contributed by atoms with E-state index in [0.717, 1.165) is 68.6 Å². The first-order chi connectivity index (χ1) is 14.7. The first-order valence-electron chi connectivity index (χ1n) is 11.1. The van der Waals surface area contributed by atoms with E-state index in [1.54, 1.807) is 6.92 Å². The molecule has 1 atom stereocenters. The molecule has 1 unspecified atom stereocenters. The molecule has 2 aliphatic rings. The van der Waals surface area contributed by atoms with E-state index in [4.69, 9.17) is 9.97 Å². The van der Waals surface area contributed by atoms with Gasteiger partial charge in [-0.25, -0.2) is 4.98 Å². The van der Waals surface area contributed by atoms with Crippen molar-refractivity contribution in [2.75, 3.05) is 29.9 Å². The van der Waals surface area contributed by atoms with Crippen molar-refractivity contribution in [3.63, 3.8) is 0 Å². The van der Waals surface area contributed by atoms with E-state index in [-0.39, 0.29) is 0 Å². The van der Waals surface area contributed by atoms with Gasteiger partial charge < -0.3 is 15.5 Å². The normalized spacial score (nSPS) is 19.5. The van der Waals surface area contributed by atoms with Gasteiger partial charge in [0.2, 0.25) is 5.95 Å². The Morgan fingerprint density at radius 2 is 1.94 bits per heavy atom. The minimum absolute atomic E-state index is 0.405. The van der Waals surface area contributed by atoms with Crippen molar-refractivity contribution < 1.29 is 13.2 Å². The number of anilines is 3. The molecule has 0 radical (unpaired) electrons. The predicted molar refractivity (Wildman–Crippen MR) is 117 cm³/mol. The highest BCUT2D eigenvalue weighted by molar-refractivity contribution is 5.65. The fraction of sp³-hybridized carbons (Fsp3) is 0.565. The maximum absolute atomic E-state index is 13.1. The van der Waals surface area contributed by atoms with Crippen LogP contribution in [0.2, 0.25) is 0 Å². The molecule has 1 saturated heterocycles. The Bertz CT molecular complexity index is 942. The first kappa shape index (κ1) is 21.9. The monoisotopic (exact) mass is 433 g/mol. The van der Waals surface area contributed by atoms with Gasteiger partial charge >= 0.3 is 6.18 Å². The highest BCUT2D eigenvalue weighted by atomic mass is 19.4. The van der Waals surface area contributed by atoms with E-state index in [0.29, 0.717) is 29.0 Å². The second-order valence-corrected chi connectivity index (χ2v) is 8.85. The molecule has 0 aliphatic carbocycles. The third-order valence-corrected chi connectivity index (χ3v) is 6.30. The van der Waals surface area contributed by atoms with Crippen LogP contribution in [-0.2, 0) is 19.0 Å². The van der Waals surface area contributed by atoms with Crippen LogP contribution in [0.1, 0.15) is 49.1 Å². The molecule has 2 aliphatic heterocycles. The Morgan fingerprint density at radius 3 is 2.65 bits per heavy atom. The van der Waals surface area contributed by atoms with Crippen LogP contribution >= 0.6 is 0 Å². The molecule has 0 spiro atoms. The van der Waals surface area contributed by atoms with Crippen LogP contribution in [0.15, 0.2) is 18.2 Å². The molecule has 2 N–H and O–H groups in total. The number of alkyl halides is 3. The van der Waals surface area contributed by atoms with Gasteiger partial charge in [0.1, 0.15) is 5.82 Å². The Kier molecular flexibility index (Phi) is 6.10. The summed E-state index contributed by atoms with van der Waals surface area (Å²) < 4.78 is 39.2. The number of nitrogens with zero attached hydrogens (tertiary/aromatic N) is 3. The van der Waals surface area contributed by atoms with Crippen molar-refractivity contribution in [2.24, 2.45) is 5.92 Å². The van der Waals surface area contributed by atoms with E-state index >= 15 is 0 Å². The maximum atomic E-state index is 13.1. The second-order valence-electron chi connectivity index (χ2n) is 8.85. The highest BCUT2D eigenvalue weighted by Gasteiger charge is 2.32. The van der Waals surface area contributed by atoms with Gasteiger partial charge in [-0.15, -0.1) is 0 Å². The van der Waals surface area contributed by atoms with Gasteiger partial charge in [0.05, 0.1) is 11.3 Å². The lowest BCUT2D eigenvalue weighted by Crippen LogP contribution is -2.35. The zero-order valence-electron chi connectivity index (χ0n) is 18.3. The molecule has 1 fully saturated rings. The minimum Gasteiger partial charge on any atom is -0.340 e. The summed E-state index contributed by atoms with van der Waals surface area (Å²) in [5.74, 6) is 1.94. The van der Waals surface area contributed by atoms with Crippen molar-refractivity contribution in [3.05, 3.63) is 40.6 Å². The van der Waals surface area contributed by atoms with Gasteiger partial charge in [0.25, 0.3) is 0 Å². The molecule has 0 amide bonds. The highest BCUT2D eigenvalue weighted by Crippen LogP contribution is 2.34. The van der Waals surface area contributed by atoms with Crippen LogP contribution in [0.25, 0.3) is 0 Å². The summed E-state index contributed by atoms with van der Waals surface area (Å²) in [6.07, 6.45) is -0.515. The zero-order chi connectivity index (χ0) is 22.2. The van der Waals surface area contributed by atoms with Crippen molar-refractivity contribution in [3.8, 4) is 0 Å². The van der Waals surface area contributed by atoms with Crippen LogP contribution in [0, 0.1) is 12.8 Å². The summed E-state index contributed by atoms with van der Waals surface area (Å²) in [5, 5.41) is 6.74. The maximum Gasteiger partial charge on any atom is 0.416 e. The Balaban J connectivity index is 1.73. The SMILES string of the molecule is Cc1cc(C(F)(F)F)ccc1Nc1nc(N2CCCC2C(C)C)nc2c1CCNCC2. The standard InChI is InChI=1S/C23H30F3N5/c1-14(2)20-5-4-12-31(20)22-29-19-9-11-27-10-8-17(19)21(30-22)28-18-7-6-16(13-15(18)3)23(24,25)26/h6-7,13-14,20,27H,4-5,8-12H2,1-3H3,(H,28,29,30). The Hall–Kier alpha value is -2.35. The molecule has 0 saturated carbocycles. The van der Waals surface area contributed by atoms with Gasteiger partial charge in [0, 0.05) is 36.8 Å². The molecule has 4 rings (SSSR count). The number of nitrogens with one attached hydrogen (secondary N) is 2. The zero-order valence-corrected chi connectivity index (χ0v) is 18.3. The quantitative estimate of drug-likeness (QED) is 0.721. The number of aromatic nitrogens is 2. The van der Waals surface area contributed by atoms with Crippen LogP contribution in [0.5, 0.6) is 0 Å². The van der Waals surface area contributed by atoms with Crippen LogP contribution in [0.4, 0.5) is 30.6 Å². The number of fused-ring (bicyclic) bond motifs is 1. The lowest BCUT2D eigenvalue weighted by molar-refractivity contribution is -0.137. The molecule has 31 heavy (non-hydrogen) atoms. The Labute approximate surface area is 181 Å². The van der Waals surface area contributed by atoms with E-state index < -0.39 is 11.7 Å². The average molecular weight is 434 g/mol. The number of rotatable bonds is 4. The summed E-state index contributed by atoms with van der Waals surface area (Å²) in [7, 11) is 0. The van der Waals surface area contributed by atoms with Gasteiger partial charge in [0.15, 0.2) is 0 Å². The summed E-state index contributed by atoms with van der Waals surface area (Å²) in [6, 6.07) is 4.20. The molecule has 168 valence electrons. The van der Waals surface area contributed by atoms with E-state index in [2.05, 4.69) is 29.4 Å². The fourth-order valence-electron chi connectivity index (χ4n) is 4.61. The molecule has 0 bridgehead atoms. The second kappa shape index (κ2) is 8.65. The van der Waals surface area contributed by atoms with Gasteiger partial charge in [-0.05, 0) is 62.4 Å². The molecule has 2 aromatic rings. The van der Waals surface area contributed by atoms with Crippen molar-refractivity contribution in [2.45, 2.75) is 58.7 Å². The summed E-state index contributed by atoms with van der Waals surface area (Å²) >= 11 is 0. The molecular weight excluding hydrogens is 403 g/mol. The number of hydrogen-bond donors (Lipinski definition) is 2. The molecule has 5 nitrogen and oxygen atoms in total. The topological polar surface area (TPSA) is 53.1 Å². The lowest BCUT2D eigenvalue weighted by atomic mass is 10.0. The van der Waals surface area contributed by atoms with Crippen LogP contribution in [-0.4, -0.2) is 35.6 Å². The number of halogens is 3. The summed E-state index contributed by atoms with van der Waals surface area (Å²) in [6.45, 7) is 8.75. The van der Waals surface area contributed by atoms with E-state index in [1.807, 2.05) is 0 Å². The molecular formula is C23H30F3N5. The van der Waals surface area contributed by atoms with E-state index in [9.17, 15) is 13.2 Å². The van der Waals surface area contributed by atoms with Crippen molar-refractivity contribution >= 4 is 17.5 Å². The first-order valence-corrected chi connectivity index (χ1v) is 11.1. The minimum atomic E-state index is -4.35. The summed E-state index contributed by atoms with van der Waals surface area (Å²) in [5.41, 5.74) is 2.61. The summed E-state index contributed by atoms with van der Waals surface area (Å²) in [4.78, 5) is 12.1. The molecule has 8 heteroatoms. The molecule has 1 aromatic carbocycles. The third kappa shape index (κ3) is 4.63. The lowest BCUT2D eigenvalue weighted by Gasteiger charge is -2.29. The van der Waals surface area contributed by atoms with Gasteiger partial charge in [-0.1, -0.05) is 13.8 Å². The average Bonchev–Trinajstić information content (AvgIpc) is 3.08. The largest absolute Gasteiger partial charge is 0.416 e. The predicted octanol–water partition coefficient (Wildman–Crippen LogP) is 4.86. The van der Waals surface area contributed by atoms with Gasteiger partial charge in [-0.3, -0.25) is 0 Å². The Morgan fingerprint density at radius 1 is 1.16 bits per heavy atom.